The standard InChI is InChI=1S/C21H22N4O2S/c1-13-12-16-6-4-5-7-18(16)25(13)20(26)14(2)28-21-22-19(23-24-21)15-8-10-17(27-3)11-9-15/h4-11,13-14H,12H2,1-3H3,(H,22,23,24). The van der Waals surface area contributed by atoms with Crippen molar-refractivity contribution >= 4 is 23.4 Å². The van der Waals surface area contributed by atoms with E-state index in [1.807, 2.05) is 54.3 Å². The molecule has 1 amide bonds. The molecule has 0 saturated carbocycles. The van der Waals surface area contributed by atoms with Crippen molar-refractivity contribution in [1.82, 2.24) is 15.2 Å². The molecule has 0 fully saturated rings. The van der Waals surface area contributed by atoms with E-state index in [0.29, 0.717) is 11.0 Å². The van der Waals surface area contributed by atoms with Crippen LogP contribution in [0.1, 0.15) is 19.4 Å². The van der Waals surface area contributed by atoms with Crippen molar-refractivity contribution in [3.63, 3.8) is 0 Å². The van der Waals surface area contributed by atoms with Gasteiger partial charge in [-0.05, 0) is 56.2 Å². The lowest BCUT2D eigenvalue weighted by atomic mass is 10.1. The fourth-order valence-corrected chi connectivity index (χ4v) is 4.26. The first-order valence-corrected chi connectivity index (χ1v) is 10.1. The summed E-state index contributed by atoms with van der Waals surface area (Å²) in [6.07, 6.45) is 0.890. The molecule has 4 rings (SSSR count). The van der Waals surface area contributed by atoms with E-state index in [9.17, 15) is 4.79 Å². The van der Waals surface area contributed by atoms with Crippen LogP contribution >= 0.6 is 11.8 Å². The number of aromatic nitrogens is 3. The molecule has 3 aromatic rings. The van der Waals surface area contributed by atoms with Crippen LogP contribution in [0.5, 0.6) is 5.75 Å². The molecule has 6 nitrogen and oxygen atoms in total. The van der Waals surface area contributed by atoms with E-state index in [2.05, 4.69) is 28.2 Å². The number of rotatable bonds is 5. The van der Waals surface area contributed by atoms with Gasteiger partial charge in [0.25, 0.3) is 0 Å². The lowest BCUT2D eigenvalue weighted by molar-refractivity contribution is -0.118. The first kappa shape index (κ1) is 18.6. The number of thioether (sulfide) groups is 1. The van der Waals surface area contributed by atoms with E-state index in [4.69, 9.17) is 4.74 Å². The van der Waals surface area contributed by atoms with E-state index in [1.165, 1.54) is 17.3 Å². The van der Waals surface area contributed by atoms with Crippen molar-refractivity contribution in [3.8, 4) is 17.1 Å². The molecule has 2 atom stereocenters. The summed E-state index contributed by atoms with van der Waals surface area (Å²) in [5.41, 5.74) is 3.16. The third-order valence-corrected chi connectivity index (χ3v) is 5.85. The van der Waals surface area contributed by atoms with Crippen LogP contribution in [0.2, 0.25) is 0 Å². The summed E-state index contributed by atoms with van der Waals surface area (Å²) in [5.74, 6) is 1.54. The Kier molecular flexibility index (Phi) is 5.09. The Hall–Kier alpha value is -2.80. The maximum atomic E-state index is 13.1. The van der Waals surface area contributed by atoms with E-state index in [0.717, 1.165) is 23.4 Å². The predicted molar refractivity (Wildman–Crippen MR) is 111 cm³/mol. The molecule has 144 valence electrons. The van der Waals surface area contributed by atoms with Gasteiger partial charge in [0.2, 0.25) is 11.1 Å². The van der Waals surface area contributed by atoms with Crippen molar-refractivity contribution in [2.45, 2.75) is 36.7 Å². The van der Waals surface area contributed by atoms with Gasteiger partial charge in [-0.2, -0.15) is 0 Å². The number of nitrogens with zero attached hydrogens (tertiary/aromatic N) is 3. The number of hydrogen-bond acceptors (Lipinski definition) is 5. The number of benzene rings is 2. The maximum Gasteiger partial charge on any atom is 0.240 e. The lowest BCUT2D eigenvalue weighted by Gasteiger charge is -2.25. The van der Waals surface area contributed by atoms with Crippen molar-refractivity contribution in [2.24, 2.45) is 0 Å². The molecule has 2 aromatic carbocycles. The molecule has 0 spiro atoms. The third-order valence-electron chi connectivity index (χ3n) is 4.90. The van der Waals surface area contributed by atoms with Crippen LogP contribution in [-0.2, 0) is 11.2 Å². The molecule has 0 aliphatic carbocycles. The van der Waals surface area contributed by atoms with Crippen LogP contribution in [0, 0.1) is 0 Å². The topological polar surface area (TPSA) is 71.1 Å². The van der Waals surface area contributed by atoms with Gasteiger partial charge in [-0.25, -0.2) is 4.98 Å². The molecule has 1 N–H and O–H groups in total. The number of ether oxygens (including phenoxy) is 1. The monoisotopic (exact) mass is 394 g/mol. The number of fused-ring (bicyclic) bond motifs is 1. The number of carbonyl (C=O) groups is 1. The zero-order valence-electron chi connectivity index (χ0n) is 16.0. The van der Waals surface area contributed by atoms with Gasteiger partial charge in [0.1, 0.15) is 5.75 Å². The van der Waals surface area contributed by atoms with Gasteiger partial charge >= 0.3 is 0 Å². The number of methoxy groups -OCH3 is 1. The van der Waals surface area contributed by atoms with Gasteiger partial charge < -0.3 is 9.64 Å². The Bertz CT molecular complexity index is 986. The number of hydrogen-bond donors (Lipinski definition) is 1. The first-order valence-electron chi connectivity index (χ1n) is 9.21. The molecular formula is C21H22N4O2S. The molecule has 1 aliphatic heterocycles. The number of nitrogens with one attached hydrogen (secondary N) is 1. The number of carbonyl (C=O) groups excluding carboxylic acids is 1. The molecule has 0 bridgehead atoms. The lowest BCUT2D eigenvalue weighted by Crippen LogP contribution is -2.40. The summed E-state index contributed by atoms with van der Waals surface area (Å²) in [6.45, 7) is 3.99. The minimum atomic E-state index is -0.284. The number of anilines is 1. The van der Waals surface area contributed by atoms with Gasteiger partial charge in [-0.15, -0.1) is 5.10 Å². The van der Waals surface area contributed by atoms with Crippen LogP contribution in [0.25, 0.3) is 11.4 Å². The summed E-state index contributed by atoms with van der Waals surface area (Å²) in [4.78, 5) is 19.5. The second-order valence-corrected chi connectivity index (χ2v) is 8.15. The first-order chi connectivity index (χ1) is 13.6. The largest absolute Gasteiger partial charge is 0.497 e. The van der Waals surface area contributed by atoms with Crippen molar-refractivity contribution in [2.75, 3.05) is 12.0 Å². The highest BCUT2D eigenvalue weighted by Crippen LogP contribution is 2.34. The Morgan fingerprint density at radius 3 is 2.75 bits per heavy atom. The molecule has 2 unspecified atom stereocenters. The Labute approximate surface area is 168 Å². The van der Waals surface area contributed by atoms with E-state index in [-0.39, 0.29) is 17.2 Å². The van der Waals surface area contributed by atoms with Crippen molar-refractivity contribution < 1.29 is 9.53 Å². The molecule has 28 heavy (non-hydrogen) atoms. The van der Waals surface area contributed by atoms with Crippen LogP contribution in [0.3, 0.4) is 0 Å². The average molecular weight is 395 g/mol. The van der Waals surface area contributed by atoms with E-state index >= 15 is 0 Å². The highest BCUT2D eigenvalue weighted by Gasteiger charge is 2.33. The summed E-state index contributed by atoms with van der Waals surface area (Å²) >= 11 is 1.37. The Morgan fingerprint density at radius 1 is 1.25 bits per heavy atom. The fourth-order valence-electron chi connectivity index (χ4n) is 3.48. The highest BCUT2D eigenvalue weighted by molar-refractivity contribution is 8.00. The van der Waals surface area contributed by atoms with Crippen LogP contribution in [0.15, 0.2) is 53.7 Å². The molecule has 0 saturated heterocycles. The molecular weight excluding hydrogens is 372 g/mol. The summed E-state index contributed by atoms with van der Waals surface area (Å²) in [6, 6.07) is 15.9. The SMILES string of the molecule is COc1ccc(-c2nc(SC(C)C(=O)N3c4ccccc4CC3C)n[nH]2)cc1. The zero-order chi connectivity index (χ0) is 19.7. The molecule has 0 radical (unpaired) electrons. The highest BCUT2D eigenvalue weighted by atomic mass is 32.2. The summed E-state index contributed by atoms with van der Waals surface area (Å²) in [5, 5.41) is 7.50. The smallest absolute Gasteiger partial charge is 0.240 e. The van der Waals surface area contributed by atoms with Crippen LogP contribution in [-0.4, -0.2) is 39.5 Å². The fraction of sp³-hybridized carbons (Fsp3) is 0.286. The molecule has 1 aliphatic rings. The Morgan fingerprint density at radius 2 is 2.00 bits per heavy atom. The third kappa shape index (κ3) is 3.49. The van der Waals surface area contributed by atoms with Crippen LogP contribution in [0.4, 0.5) is 5.69 Å². The minimum absolute atomic E-state index is 0.0817. The van der Waals surface area contributed by atoms with Gasteiger partial charge in [-0.3, -0.25) is 9.89 Å². The molecule has 7 heteroatoms. The molecule has 2 heterocycles. The number of aromatic amines is 1. The van der Waals surface area contributed by atoms with E-state index < -0.39 is 0 Å². The molecule has 1 aromatic heterocycles. The van der Waals surface area contributed by atoms with Gasteiger partial charge in [-0.1, -0.05) is 30.0 Å². The van der Waals surface area contributed by atoms with Crippen molar-refractivity contribution in [3.05, 3.63) is 54.1 Å². The maximum absolute atomic E-state index is 13.1. The number of amides is 1. The van der Waals surface area contributed by atoms with Gasteiger partial charge in [0.15, 0.2) is 5.82 Å². The average Bonchev–Trinajstić information content (AvgIpc) is 3.31. The minimum Gasteiger partial charge on any atom is -0.497 e. The van der Waals surface area contributed by atoms with Gasteiger partial charge in [0.05, 0.1) is 12.4 Å². The van der Waals surface area contributed by atoms with E-state index in [1.54, 1.807) is 7.11 Å². The van der Waals surface area contributed by atoms with Gasteiger partial charge in [0, 0.05) is 17.3 Å². The summed E-state index contributed by atoms with van der Waals surface area (Å²) in [7, 11) is 1.64. The number of H-pyrrole nitrogens is 1. The zero-order valence-corrected chi connectivity index (χ0v) is 16.9. The van der Waals surface area contributed by atoms with Crippen molar-refractivity contribution in [1.29, 1.82) is 0 Å². The van der Waals surface area contributed by atoms with Crippen LogP contribution < -0.4 is 9.64 Å². The normalized spacial score (nSPS) is 16.7. The number of para-hydroxylation sites is 1. The second kappa shape index (κ2) is 7.67. The summed E-state index contributed by atoms with van der Waals surface area (Å²) < 4.78 is 5.18. The second-order valence-electron chi connectivity index (χ2n) is 6.85. The Balaban J connectivity index is 1.47. The quantitative estimate of drug-likeness (QED) is 0.664. The predicted octanol–water partition coefficient (Wildman–Crippen LogP) is 3.94.